The molecule has 1 saturated carbocycles. The van der Waals surface area contributed by atoms with E-state index < -0.39 is 12.5 Å². The maximum atomic E-state index is 13.8. The second-order valence-corrected chi connectivity index (χ2v) is 8.12. The highest BCUT2D eigenvalue weighted by Crippen LogP contribution is 2.29. The zero-order chi connectivity index (χ0) is 22.0. The highest BCUT2D eigenvalue weighted by molar-refractivity contribution is 7.98. The van der Waals surface area contributed by atoms with E-state index in [1.165, 1.54) is 16.3 Å². The van der Waals surface area contributed by atoms with Gasteiger partial charge < -0.3 is 15.7 Å². The van der Waals surface area contributed by atoms with E-state index in [9.17, 15) is 13.6 Å². The molecule has 0 radical (unpaired) electrons. The molecule has 2 heterocycles. The van der Waals surface area contributed by atoms with Gasteiger partial charge in [0.05, 0.1) is 11.0 Å². The summed E-state index contributed by atoms with van der Waals surface area (Å²) < 4.78 is 28.9. The molecular weight excluding hydrogens is 426 g/mol. The monoisotopic (exact) mass is 448 g/mol. The minimum Gasteiger partial charge on any atom is -0.465 e. The number of hydrogen-bond donors (Lipinski definition) is 3. The lowest BCUT2D eigenvalue weighted by Gasteiger charge is -2.30. The van der Waals surface area contributed by atoms with Crippen LogP contribution in [0.2, 0.25) is 0 Å². The van der Waals surface area contributed by atoms with Gasteiger partial charge in [-0.05, 0) is 44.1 Å². The Morgan fingerprint density at radius 2 is 2.00 bits per heavy atom. The Kier molecular flexibility index (Phi) is 6.21. The summed E-state index contributed by atoms with van der Waals surface area (Å²) in [5.74, 6) is 0.441. The molecule has 3 N–H and O–H groups in total. The number of thioether (sulfide) groups is 1. The number of nitrogens with one attached hydrogen (secondary N) is 2. The van der Waals surface area contributed by atoms with Crippen molar-refractivity contribution in [3.63, 3.8) is 0 Å². The number of carboxylic acid groups (broad SMARTS) is 1. The van der Waals surface area contributed by atoms with Crippen molar-refractivity contribution >= 4 is 34.7 Å². The lowest BCUT2D eigenvalue weighted by Crippen LogP contribution is -2.41. The fourth-order valence-corrected chi connectivity index (χ4v) is 4.33. The van der Waals surface area contributed by atoms with E-state index in [4.69, 9.17) is 5.11 Å². The van der Waals surface area contributed by atoms with Crippen LogP contribution in [-0.2, 0) is 0 Å². The number of fused-ring (bicyclic) bond motifs is 1. The van der Waals surface area contributed by atoms with Crippen molar-refractivity contribution in [2.24, 2.45) is 0 Å². The lowest BCUT2D eigenvalue weighted by molar-refractivity contribution is 0.139. The molecule has 1 amide bonds. The molecule has 0 aliphatic heterocycles. The third-order valence-corrected chi connectivity index (χ3v) is 5.79. The SMILES string of the molecule is CSc1nc(N[C@@H]2CCC[C@@H](NC(=O)O)C2)cc(-n2c(C(F)F)nc3ccccc32)n1. The van der Waals surface area contributed by atoms with Gasteiger partial charge in [0.15, 0.2) is 11.0 Å². The van der Waals surface area contributed by atoms with Crippen molar-refractivity contribution in [3.05, 3.63) is 36.2 Å². The Bertz CT molecular complexity index is 1090. The summed E-state index contributed by atoms with van der Waals surface area (Å²) in [6.07, 6.45) is 1.16. The molecule has 11 heteroatoms. The van der Waals surface area contributed by atoms with Crippen molar-refractivity contribution < 1.29 is 18.7 Å². The first kappa shape index (κ1) is 21.3. The number of hydrogen-bond acceptors (Lipinski definition) is 6. The Labute approximate surface area is 181 Å². The Balaban J connectivity index is 1.69. The third kappa shape index (κ3) is 4.71. The molecule has 164 valence electrons. The highest BCUT2D eigenvalue weighted by atomic mass is 32.2. The van der Waals surface area contributed by atoms with E-state index >= 15 is 0 Å². The van der Waals surface area contributed by atoms with Crippen molar-refractivity contribution in [3.8, 4) is 5.82 Å². The number of imidazole rings is 1. The van der Waals surface area contributed by atoms with Gasteiger partial charge in [0.1, 0.15) is 11.6 Å². The fourth-order valence-electron chi connectivity index (χ4n) is 3.96. The predicted molar refractivity (Wildman–Crippen MR) is 114 cm³/mol. The molecule has 0 spiro atoms. The van der Waals surface area contributed by atoms with E-state index in [0.29, 0.717) is 34.2 Å². The van der Waals surface area contributed by atoms with Crippen molar-refractivity contribution in [2.75, 3.05) is 11.6 Å². The van der Waals surface area contributed by atoms with Crippen LogP contribution < -0.4 is 10.6 Å². The fraction of sp³-hybridized carbons (Fsp3) is 0.400. The molecule has 1 aliphatic carbocycles. The third-order valence-electron chi connectivity index (χ3n) is 5.24. The number of rotatable bonds is 6. The number of carbonyl (C=O) groups is 1. The average molecular weight is 448 g/mol. The Hall–Kier alpha value is -2.95. The molecule has 4 rings (SSSR count). The number of anilines is 1. The maximum absolute atomic E-state index is 13.8. The van der Waals surface area contributed by atoms with Crippen molar-refractivity contribution in [1.29, 1.82) is 0 Å². The molecule has 1 aromatic carbocycles. The number of benzene rings is 1. The number of aromatic nitrogens is 4. The second-order valence-electron chi connectivity index (χ2n) is 7.35. The molecule has 2 aromatic heterocycles. The van der Waals surface area contributed by atoms with E-state index in [1.807, 2.05) is 6.26 Å². The molecule has 2 atom stereocenters. The van der Waals surface area contributed by atoms with Gasteiger partial charge >= 0.3 is 6.09 Å². The van der Waals surface area contributed by atoms with E-state index in [-0.39, 0.29) is 17.9 Å². The molecule has 1 aliphatic rings. The number of amides is 1. The molecule has 8 nitrogen and oxygen atoms in total. The summed E-state index contributed by atoms with van der Waals surface area (Å²) in [6.45, 7) is 0. The number of nitrogens with zero attached hydrogens (tertiary/aromatic N) is 4. The summed E-state index contributed by atoms with van der Waals surface area (Å²) in [5.41, 5.74) is 1.00. The minimum atomic E-state index is -2.77. The van der Waals surface area contributed by atoms with Crippen LogP contribution in [0.4, 0.5) is 19.4 Å². The smallest absolute Gasteiger partial charge is 0.404 e. The Morgan fingerprint density at radius 3 is 2.74 bits per heavy atom. The van der Waals surface area contributed by atoms with Crippen LogP contribution in [0.1, 0.15) is 37.9 Å². The van der Waals surface area contributed by atoms with Gasteiger partial charge in [-0.1, -0.05) is 23.9 Å². The van der Waals surface area contributed by atoms with Gasteiger partial charge in [0.2, 0.25) is 0 Å². The van der Waals surface area contributed by atoms with Crippen molar-refractivity contribution in [1.82, 2.24) is 24.8 Å². The molecular formula is C20H22F2N6O2S. The van der Waals surface area contributed by atoms with Crippen LogP contribution >= 0.6 is 11.8 Å². The number of para-hydroxylation sites is 2. The molecule has 0 saturated heterocycles. The quantitative estimate of drug-likeness (QED) is 0.378. The lowest BCUT2D eigenvalue weighted by atomic mass is 9.91. The van der Waals surface area contributed by atoms with Crippen LogP contribution in [0.5, 0.6) is 0 Å². The normalized spacial score (nSPS) is 19.0. The van der Waals surface area contributed by atoms with Crippen LogP contribution in [0.15, 0.2) is 35.5 Å². The molecule has 0 unspecified atom stereocenters. The van der Waals surface area contributed by atoms with Gasteiger partial charge in [-0.3, -0.25) is 4.57 Å². The van der Waals surface area contributed by atoms with Crippen LogP contribution in [0, 0.1) is 0 Å². The van der Waals surface area contributed by atoms with Gasteiger partial charge in [0.25, 0.3) is 6.43 Å². The molecule has 1 fully saturated rings. The van der Waals surface area contributed by atoms with Gasteiger partial charge in [-0.2, -0.15) is 0 Å². The first-order valence-electron chi connectivity index (χ1n) is 9.89. The zero-order valence-electron chi connectivity index (χ0n) is 16.8. The van der Waals surface area contributed by atoms with E-state index in [2.05, 4.69) is 25.6 Å². The van der Waals surface area contributed by atoms with Crippen LogP contribution in [0.25, 0.3) is 16.9 Å². The number of alkyl halides is 2. The highest BCUT2D eigenvalue weighted by Gasteiger charge is 2.25. The van der Waals surface area contributed by atoms with Crippen LogP contribution in [-0.4, -0.2) is 49.1 Å². The van der Waals surface area contributed by atoms with Gasteiger partial charge in [0, 0.05) is 18.2 Å². The minimum absolute atomic E-state index is 0.0113. The van der Waals surface area contributed by atoms with E-state index in [1.54, 1.807) is 30.3 Å². The average Bonchev–Trinajstić information content (AvgIpc) is 3.13. The summed E-state index contributed by atoms with van der Waals surface area (Å²) in [4.78, 5) is 24.0. The van der Waals surface area contributed by atoms with Crippen molar-refractivity contribution in [2.45, 2.75) is 49.3 Å². The molecule has 31 heavy (non-hydrogen) atoms. The second kappa shape index (κ2) is 9.04. The first-order valence-corrected chi connectivity index (χ1v) is 11.1. The van der Waals surface area contributed by atoms with Gasteiger partial charge in [-0.25, -0.2) is 28.5 Å². The molecule has 0 bridgehead atoms. The number of halogens is 2. The first-order chi connectivity index (χ1) is 14.9. The topological polar surface area (TPSA) is 105 Å². The molecule has 3 aromatic rings. The maximum Gasteiger partial charge on any atom is 0.404 e. The summed E-state index contributed by atoms with van der Waals surface area (Å²) in [7, 11) is 0. The Morgan fingerprint density at radius 1 is 1.23 bits per heavy atom. The van der Waals surface area contributed by atoms with Gasteiger partial charge in [-0.15, -0.1) is 0 Å². The zero-order valence-corrected chi connectivity index (χ0v) is 17.6. The van der Waals surface area contributed by atoms with E-state index in [0.717, 1.165) is 19.3 Å². The standard InChI is InChI=1S/C20H22F2N6O2S/c1-31-19-26-15(23-11-5-4-6-12(9-11)24-20(29)30)10-16(27-19)28-14-8-3-2-7-13(14)25-18(28)17(21)22/h2-3,7-8,10-12,17,24H,4-6,9H2,1H3,(H,29,30)(H,23,26,27)/t11-,12-/m1/s1. The largest absolute Gasteiger partial charge is 0.465 e. The predicted octanol–water partition coefficient (Wildman–Crippen LogP) is 4.47. The summed E-state index contributed by atoms with van der Waals surface area (Å²) >= 11 is 1.31. The summed E-state index contributed by atoms with van der Waals surface area (Å²) in [6, 6.07) is 8.44. The van der Waals surface area contributed by atoms with Crippen LogP contribution in [0.3, 0.4) is 0 Å². The summed E-state index contributed by atoms with van der Waals surface area (Å²) in [5, 5.41) is 15.3.